The van der Waals surface area contributed by atoms with Crippen molar-refractivity contribution in [2.24, 2.45) is 5.16 Å². The van der Waals surface area contributed by atoms with Crippen molar-refractivity contribution in [2.45, 2.75) is 6.42 Å². The van der Waals surface area contributed by atoms with Crippen LogP contribution in [0.3, 0.4) is 0 Å². The highest BCUT2D eigenvalue weighted by atomic mass is 35.5. The van der Waals surface area contributed by atoms with Gasteiger partial charge in [-0.05, 0) is 13.0 Å². The van der Waals surface area contributed by atoms with Crippen LogP contribution >= 0.6 is 11.6 Å². The summed E-state index contributed by atoms with van der Waals surface area (Å²) in [6.07, 6.45) is 3.08. The smallest absolute Gasteiger partial charge is 0.172 e. The fourth-order valence-electron chi connectivity index (χ4n) is 0.940. The predicted molar refractivity (Wildman–Crippen MR) is 45.9 cm³/mol. The number of nitrogens with one attached hydrogen (secondary N) is 1. The average molecular weight is 175 g/mol. The van der Waals surface area contributed by atoms with Crippen molar-refractivity contribution in [3.05, 3.63) is 11.6 Å². The second-order valence-electron chi connectivity index (χ2n) is 2.26. The van der Waals surface area contributed by atoms with E-state index in [-0.39, 0.29) is 0 Å². The Morgan fingerprint density at radius 3 is 3.18 bits per heavy atom. The minimum absolute atomic E-state index is 0.444. The van der Waals surface area contributed by atoms with Gasteiger partial charge in [0.15, 0.2) is 5.17 Å². The van der Waals surface area contributed by atoms with E-state index in [9.17, 15) is 0 Å². The fraction of sp³-hybridized carbons (Fsp3) is 0.571. The van der Waals surface area contributed by atoms with E-state index in [2.05, 4.69) is 21.4 Å². The minimum atomic E-state index is 0.444. The van der Waals surface area contributed by atoms with Gasteiger partial charge in [-0.15, -0.1) is 0 Å². The van der Waals surface area contributed by atoms with Crippen LogP contribution in [0.2, 0.25) is 0 Å². The minimum Gasteiger partial charge on any atom is -0.398 e. The first-order chi connectivity index (χ1) is 5.34. The van der Waals surface area contributed by atoms with Gasteiger partial charge in [-0.3, -0.25) is 0 Å². The summed E-state index contributed by atoms with van der Waals surface area (Å²) >= 11 is 5.78. The molecule has 0 aromatic heterocycles. The molecular weight excluding hydrogens is 164 g/mol. The van der Waals surface area contributed by atoms with Crippen LogP contribution in [0.5, 0.6) is 0 Å². The van der Waals surface area contributed by atoms with Crippen molar-refractivity contribution in [2.75, 3.05) is 20.2 Å². The standard InChI is InChI=1S/C7H11ClN2O/c1-11-10-7(8)6-3-2-4-9-5-6/h3,9H,2,4-5H2,1H3/b10-7-. The predicted octanol–water partition coefficient (Wildman–Crippen LogP) is 1.10. The van der Waals surface area contributed by atoms with Crippen LogP contribution in [0, 0.1) is 0 Å². The monoisotopic (exact) mass is 174 g/mol. The van der Waals surface area contributed by atoms with Gasteiger partial charge in [0, 0.05) is 12.1 Å². The maximum Gasteiger partial charge on any atom is 0.172 e. The van der Waals surface area contributed by atoms with Crippen molar-refractivity contribution >= 4 is 16.8 Å². The quantitative estimate of drug-likeness (QED) is 0.503. The fourth-order valence-corrected chi connectivity index (χ4v) is 1.15. The van der Waals surface area contributed by atoms with Gasteiger partial charge >= 0.3 is 0 Å². The maximum absolute atomic E-state index is 5.78. The first-order valence-electron chi connectivity index (χ1n) is 3.51. The summed E-state index contributed by atoms with van der Waals surface area (Å²) in [6, 6.07) is 0. The third-order valence-corrected chi connectivity index (χ3v) is 1.78. The summed E-state index contributed by atoms with van der Waals surface area (Å²) in [4.78, 5) is 4.54. The molecule has 1 heterocycles. The molecule has 0 fully saturated rings. The molecule has 0 unspecified atom stereocenters. The van der Waals surface area contributed by atoms with E-state index in [0.717, 1.165) is 25.1 Å². The van der Waals surface area contributed by atoms with Gasteiger partial charge in [0.25, 0.3) is 0 Å². The van der Waals surface area contributed by atoms with Crippen LogP contribution in [-0.2, 0) is 4.84 Å². The molecule has 0 radical (unpaired) electrons. The second-order valence-corrected chi connectivity index (χ2v) is 2.62. The van der Waals surface area contributed by atoms with E-state index >= 15 is 0 Å². The first-order valence-corrected chi connectivity index (χ1v) is 3.89. The summed E-state index contributed by atoms with van der Waals surface area (Å²) in [6.45, 7) is 1.80. The Morgan fingerprint density at radius 2 is 2.64 bits per heavy atom. The third kappa shape index (κ3) is 2.52. The molecule has 1 rings (SSSR count). The number of nitrogens with zero attached hydrogens (tertiary/aromatic N) is 1. The van der Waals surface area contributed by atoms with E-state index in [0.29, 0.717) is 5.17 Å². The lowest BCUT2D eigenvalue weighted by Gasteiger charge is -2.11. The van der Waals surface area contributed by atoms with Crippen LogP contribution in [-0.4, -0.2) is 25.4 Å². The topological polar surface area (TPSA) is 33.6 Å². The van der Waals surface area contributed by atoms with E-state index in [1.165, 1.54) is 7.11 Å². The van der Waals surface area contributed by atoms with Gasteiger partial charge in [-0.2, -0.15) is 0 Å². The normalized spacial score (nSPS) is 19.5. The molecule has 0 aromatic rings. The summed E-state index contributed by atoms with van der Waals surface area (Å²) in [7, 11) is 1.49. The highest BCUT2D eigenvalue weighted by Crippen LogP contribution is 2.06. The maximum atomic E-state index is 5.78. The molecule has 1 N–H and O–H groups in total. The molecule has 0 saturated carbocycles. The molecule has 1 aliphatic rings. The Balaban J connectivity index is 2.58. The van der Waals surface area contributed by atoms with E-state index < -0.39 is 0 Å². The molecule has 3 nitrogen and oxygen atoms in total. The molecule has 0 saturated heterocycles. The van der Waals surface area contributed by atoms with Crippen LogP contribution in [0.15, 0.2) is 16.8 Å². The highest BCUT2D eigenvalue weighted by molar-refractivity contribution is 6.69. The second kappa shape index (κ2) is 4.36. The molecule has 0 atom stereocenters. The van der Waals surface area contributed by atoms with Crippen LogP contribution in [0.4, 0.5) is 0 Å². The molecule has 4 heteroatoms. The van der Waals surface area contributed by atoms with Crippen molar-refractivity contribution in [3.63, 3.8) is 0 Å². The first kappa shape index (κ1) is 8.56. The van der Waals surface area contributed by atoms with Gasteiger partial charge < -0.3 is 10.2 Å². The zero-order chi connectivity index (χ0) is 8.10. The lowest BCUT2D eigenvalue weighted by atomic mass is 10.2. The third-order valence-electron chi connectivity index (χ3n) is 1.46. The molecule has 0 bridgehead atoms. The van der Waals surface area contributed by atoms with E-state index in [4.69, 9.17) is 11.6 Å². The summed E-state index contributed by atoms with van der Waals surface area (Å²) in [5.74, 6) is 0. The zero-order valence-corrected chi connectivity index (χ0v) is 7.19. The lowest BCUT2D eigenvalue weighted by Crippen LogP contribution is -2.24. The SMILES string of the molecule is CO/N=C(\Cl)C1=CCCNC1. The number of oxime groups is 1. The number of hydrogen-bond donors (Lipinski definition) is 1. The number of hydrogen-bond acceptors (Lipinski definition) is 3. The number of rotatable bonds is 2. The van der Waals surface area contributed by atoms with Crippen molar-refractivity contribution < 1.29 is 4.84 Å². The van der Waals surface area contributed by atoms with Crippen molar-refractivity contribution in [3.8, 4) is 0 Å². The Bertz CT molecular complexity index is 189. The Kier molecular flexibility index (Phi) is 3.39. The average Bonchev–Trinajstić information content (AvgIpc) is 2.07. The zero-order valence-electron chi connectivity index (χ0n) is 6.43. The Morgan fingerprint density at radius 1 is 1.82 bits per heavy atom. The van der Waals surface area contributed by atoms with Crippen LogP contribution in [0.1, 0.15) is 6.42 Å². The van der Waals surface area contributed by atoms with Gasteiger partial charge in [-0.25, -0.2) is 0 Å². The molecular formula is C7H11ClN2O. The summed E-state index contributed by atoms with van der Waals surface area (Å²) < 4.78 is 0. The summed E-state index contributed by atoms with van der Waals surface area (Å²) in [5, 5.41) is 7.25. The van der Waals surface area contributed by atoms with Crippen molar-refractivity contribution in [1.29, 1.82) is 0 Å². The van der Waals surface area contributed by atoms with Crippen LogP contribution in [0.25, 0.3) is 0 Å². The largest absolute Gasteiger partial charge is 0.398 e. The summed E-state index contributed by atoms with van der Waals surface area (Å²) in [5.41, 5.74) is 1.01. The lowest BCUT2D eigenvalue weighted by molar-refractivity contribution is 0.214. The molecule has 11 heavy (non-hydrogen) atoms. The molecule has 1 aliphatic heterocycles. The van der Waals surface area contributed by atoms with Gasteiger partial charge in [-0.1, -0.05) is 22.8 Å². The number of halogens is 1. The highest BCUT2D eigenvalue weighted by Gasteiger charge is 2.07. The Labute approximate surface area is 71.0 Å². The molecule has 0 spiro atoms. The van der Waals surface area contributed by atoms with Gasteiger partial charge in [0.2, 0.25) is 0 Å². The van der Waals surface area contributed by atoms with E-state index in [1.807, 2.05) is 0 Å². The Hall–Kier alpha value is -0.540. The van der Waals surface area contributed by atoms with Crippen LogP contribution < -0.4 is 5.32 Å². The molecule has 0 amide bonds. The van der Waals surface area contributed by atoms with Gasteiger partial charge in [0.05, 0.1) is 0 Å². The van der Waals surface area contributed by atoms with E-state index in [1.54, 1.807) is 0 Å². The van der Waals surface area contributed by atoms with Gasteiger partial charge in [0.1, 0.15) is 7.11 Å². The molecule has 0 aromatic carbocycles. The molecule has 0 aliphatic carbocycles. The molecule has 62 valence electrons. The van der Waals surface area contributed by atoms with Crippen molar-refractivity contribution in [1.82, 2.24) is 5.32 Å².